The number of hydrogen-bond acceptors (Lipinski definition) is 4. The van der Waals surface area contributed by atoms with E-state index in [2.05, 4.69) is 26.0 Å². The molecule has 106 valence electrons. The predicted molar refractivity (Wildman–Crippen MR) is 84.0 cm³/mol. The summed E-state index contributed by atoms with van der Waals surface area (Å²) in [4.78, 5) is 17.3. The quantitative estimate of drug-likeness (QED) is 0.745. The van der Waals surface area contributed by atoms with Crippen molar-refractivity contribution in [2.75, 3.05) is 5.75 Å². The van der Waals surface area contributed by atoms with Gasteiger partial charge in [-0.15, -0.1) is 11.8 Å². The average molecular weight is 354 g/mol. The molecule has 4 nitrogen and oxygen atoms in total. The zero-order chi connectivity index (χ0) is 14.5. The standard InChI is InChI=1S/C14H16BrN3OS/c1-10(2)18-14(16-9-17-18)7-11(19)8-20-13-6-4-3-5-12(13)15/h3-6,9-10H,7-8H2,1-2H3. The summed E-state index contributed by atoms with van der Waals surface area (Å²) >= 11 is 5.02. The van der Waals surface area contributed by atoms with Gasteiger partial charge < -0.3 is 0 Å². The van der Waals surface area contributed by atoms with Crippen molar-refractivity contribution in [1.82, 2.24) is 14.8 Å². The molecular formula is C14H16BrN3OS. The first kappa shape index (κ1) is 15.3. The molecule has 0 atom stereocenters. The van der Waals surface area contributed by atoms with Crippen LogP contribution in [-0.2, 0) is 11.2 Å². The first-order valence-corrected chi connectivity index (χ1v) is 8.13. The van der Waals surface area contributed by atoms with Gasteiger partial charge in [0, 0.05) is 15.4 Å². The summed E-state index contributed by atoms with van der Waals surface area (Å²) in [6.45, 7) is 4.05. The minimum atomic E-state index is 0.153. The summed E-state index contributed by atoms with van der Waals surface area (Å²) in [6.07, 6.45) is 1.83. The summed E-state index contributed by atoms with van der Waals surface area (Å²) in [5.41, 5.74) is 0. The lowest BCUT2D eigenvalue weighted by molar-refractivity contribution is -0.116. The summed E-state index contributed by atoms with van der Waals surface area (Å²) in [5, 5.41) is 4.14. The molecule has 0 radical (unpaired) electrons. The molecule has 2 aromatic rings. The van der Waals surface area contributed by atoms with Gasteiger partial charge in [-0.25, -0.2) is 9.67 Å². The van der Waals surface area contributed by atoms with E-state index in [1.54, 1.807) is 4.68 Å². The lowest BCUT2D eigenvalue weighted by Gasteiger charge is -2.08. The number of benzene rings is 1. The van der Waals surface area contributed by atoms with Crippen LogP contribution in [0, 0.1) is 0 Å². The number of carbonyl (C=O) groups excluding carboxylic acids is 1. The number of halogens is 1. The van der Waals surface area contributed by atoms with Crippen LogP contribution in [-0.4, -0.2) is 26.3 Å². The third kappa shape index (κ3) is 3.93. The number of rotatable bonds is 6. The molecule has 20 heavy (non-hydrogen) atoms. The Balaban J connectivity index is 1.93. The maximum atomic E-state index is 12.1. The highest BCUT2D eigenvalue weighted by Crippen LogP contribution is 2.27. The lowest BCUT2D eigenvalue weighted by atomic mass is 10.3. The van der Waals surface area contributed by atoms with Crippen LogP contribution >= 0.6 is 27.7 Å². The molecule has 0 bridgehead atoms. The number of hydrogen-bond donors (Lipinski definition) is 0. The van der Waals surface area contributed by atoms with Gasteiger partial charge in [0.05, 0.1) is 12.2 Å². The van der Waals surface area contributed by atoms with E-state index in [9.17, 15) is 4.79 Å². The molecule has 0 N–H and O–H groups in total. The van der Waals surface area contributed by atoms with Crippen molar-refractivity contribution in [1.29, 1.82) is 0 Å². The molecule has 1 aromatic carbocycles. The number of aromatic nitrogens is 3. The second-order valence-corrected chi connectivity index (χ2v) is 6.52. The zero-order valence-electron chi connectivity index (χ0n) is 11.4. The van der Waals surface area contributed by atoms with Crippen molar-refractivity contribution in [3.8, 4) is 0 Å². The van der Waals surface area contributed by atoms with Crippen LogP contribution in [0.3, 0.4) is 0 Å². The number of nitrogens with zero attached hydrogens (tertiary/aromatic N) is 3. The van der Waals surface area contributed by atoms with Crippen LogP contribution in [0.15, 0.2) is 40.0 Å². The predicted octanol–water partition coefficient (Wildman–Crippen LogP) is 3.53. The number of carbonyl (C=O) groups is 1. The highest BCUT2D eigenvalue weighted by atomic mass is 79.9. The Bertz CT molecular complexity index is 598. The lowest BCUT2D eigenvalue weighted by Crippen LogP contribution is -2.14. The van der Waals surface area contributed by atoms with Crippen molar-refractivity contribution < 1.29 is 4.79 Å². The molecule has 0 saturated carbocycles. The Kier molecular flexibility index (Phi) is 5.37. The fourth-order valence-electron chi connectivity index (χ4n) is 1.78. The molecular weight excluding hydrogens is 338 g/mol. The average Bonchev–Trinajstić information content (AvgIpc) is 2.86. The van der Waals surface area contributed by atoms with Gasteiger partial charge >= 0.3 is 0 Å². The zero-order valence-corrected chi connectivity index (χ0v) is 13.8. The van der Waals surface area contributed by atoms with Crippen LogP contribution < -0.4 is 0 Å². The third-order valence-corrected chi connectivity index (χ3v) is 4.80. The second kappa shape index (κ2) is 7.04. The van der Waals surface area contributed by atoms with E-state index < -0.39 is 0 Å². The first-order chi connectivity index (χ1) is 9.58. The van der Waals surface area contributed by atoms with E-state index in [-0.39, 0.29) is 11.8 Å². The molecule has 0 fully saturated rings. The fraction of sp³-hybridized carbons (Fsp3) is 0.357. The topological polar surface area (TPSA) is 47.8 Å². The number of ketones is 1. The normalized spacial score (nSPS) is 11.0. The SMILES string of the molecule is CC(C)n1ncnc1CC(=O)CSc1ccccc1Br. The molecule has 0 spiro atoms. The molecule has 0 amide bonds. The van der Waals surface area contributed by atoms with Gasteiger partial charge in [-0.3, -0.25) is 4.79 Å². The highest BCUT2D eigenvalue weighted by molar-refractivity contribution is 9.10. The monoisotopic (exact) mass is 353 g/mol. The Morgan fingerprint density at radius 2 is 2.15 bits per heavy atom. The molecule has 0 aliphatic carbocycles. The third-order valence-electron chi connectivity index (χ3n) is 2.72. The Labute approximate surface area is 131 Å². The summed E-state index contributed by atoms with van der Waals surface area (Å²) in [5.74, 6) is 1.33. The highest BCUT2D eigenvalue weighted by Gasteiger charge is 2.13. The molecule has 0 saturated heterocycles. The maximum Gasteiger partial charge on any atom is 0.150 e. The van der Waals surface area contributed by atoms with E-state index >= 15 is 0 Å². The van der Waals surface area contributed by atoms with Gasteiger partial charge in [0.15, 0.2) is 5.78 Å². The minimum absolute atomic E-state index is 0.153. The molecule has 2 rings (SSSR count). The van der Waals surface area contributed by atoms with Gasteiger partial charge in [-0.05, 0) is 41.9 Å². The van der Waals surface area contributed by atoms with Crippen LogP contribution in [0.2, 0.25) is 0 Å². The van der Waals surface area contributed by atoms with Crippen molar-refractivity contribution >= 4 is 33.5 Å². The largest absolute Gasteiger partial charge is 0.298 e. The van der Waals surface area contributed by atoms with Crippen molar-refractivity contribution in [3.63, 3.8) is 0 Å². The summed E-state index contributed by atoms with van der Waals surface area (Å²) < 4.78 is 2.81. The molecule has 1 aromatic heterocycles. The Morgan fingerprint density at radius 3 is 2.85 bits per heavy atom. The minimum Gasteiger partial charge on any atom is -0.298 e. The summed E-state index contributed by atoms with van der Waals surface area (Å²) in [7, 11) is 0. The Morgan fingerprint density at radius 1 is 1.40 bits per heavy atom. The van der Waals surface area contributed by atoms with E-state index in [4.69, 9.17) is 0 Å². The van der Waals surface area contributed by atoms with Crippen LogP contribution in [0.1, 0.15) is 25.7 Å². The van der Waals surface area contributed by atoms with Gasteiger partial charge in [-0.2, -0.15) is 5.10 Å². The van der Waals surface area contributed by atoms with Gasteiger partial charge in [0.1, 0.15) is 12.2 Å². The second-order valence-electron chi connectivity index (χ2n) is 4.65. The van der Waals surface area contributed by atoms with Crippen molar-refractivity contribution in [2.45, 2.75) is 31.2 Å². The van der Waals surface area contributed by atoms with E-state index in [1.165, 1.54) is 18.1 Å². The number of thioether (sulfide) groups is 1. The van der Waals surface area contributed by atoms with Gasteiger partial charge in [0.25, 0.3) is 0 Å². The van der Waals surface area contributed by atoms with Gasteiger partial charge in [0.2, 0.25) is 0 Å². The van der Waals surface area contributed by atoms with Crippen molar-refractivity contribution in [3.05, 3.63) is 40.9 Å². The molecule has 0 aliphatic heterocycles. The molecule has 0 aliphatic rings. The van der Waals surface area contributed by atoms with Crippen molar-refractivity contribution in [2.24, 2.45) is 0 Å². The van der Waals surface area contributed by atoms with Crippen LogP contribution in [0.4, 0.5) is 0 Å². The number of Topliss-reactive ketones (excluding diaryl/α,β-unsaturated/α-hetero) is 1. The first-order valence-electron chi connectivity index (χ1n) is 6.35. The molecule has 1 heterocycles. The van der Waals surface area contributed by atoms with E-state index in [0.717, 1.165) is 15.2 Å². The van der Waals surface area contributed by atoms with E-state index in [1.807, 2.05) is 38.1 Å². The Hall–Kier alpha value is -1.14. The summed E-state index contributed by atoms with van der Waals surface area (Å²) in [6, 6.07) is 8.12. The molecule has 6 heteroatoms. The molecule has 0 unspecified atom stereocenters. The van der Waals surface area contributed by atoms with Crippen LogP contribution in [0.5, 0.6) is 0 Å². The van der Waals surface area contributed by atoms with E-state index in [0.29, 0.717) is 12.2 Å². The fourth-order valence-corrected chi connectivity index (χ4v) is 3.21. The van der Waals surface area contributed by atoms with Crippen LogP contribution in [0.25, 0.3) is 0 Å². The maximum absolute atomic E-state index is 12.1. The van der Waals surface area contributed by atoms with Gasteiger partial charge in [-0.1, -0.05) is 12.1 Å². The smallest absolute Gasteiger partial charge is 0.150 e.